The zero-order valence-electron chi connectivity index (χ0n) is 11.9. The lowest BCUT2D eigenvalue weighted by Gasteiger charge is -2.09. The number of carbonyl (C=O) groups is 1. The Kier molecular flexibility index (Phi) is 3.73. The van der Waals surface area contributed by atoms with Crippen molar-refractivity contribution in [2.24, 2.45) is 0 Å². The summed E-state index contributed by atoms with van der Waals surface area (Å²) in [6.45, 7) is 2.12. The molecule has 0 aliphatic heterocycles. The number of carbonyl (C=O) groups excluding carboxylic acids is 1. The van der Waals surface area contributed by atoms with Crippen molar-refractivity contribution in [1.29, 1.82) is 0 Å². The molecule has 0 amide bonds. The molecule has 3 rings (SSSR count). The van der Waals surface area contributed by atoms with Crippen LogP contribution in [0.5, 0.6) is 5.75 Å². The number of rotatable bonds is 5. The van der Waals surface area contributed by atoms with Crippen LogP contribution in [0, 0.1) is 0 Å². The fourth-order valence-electron chi connectivity index (χ4n) is 2.48. The van der Waals surface area contributed by atoms with Crippen LogP contribution >= 0.6 is 0 Å². The lowest BCUT2D eigenvalue weighted by atomic mass is 10.1. The van der Waals surface area contributed by atoms with E-state index in [1.807, 2.05) is 54.7 Å². The lowest BCUT2D eigenvalue weighted by Crippen LogP contribution is -1.98. The van der Waals surface area contributed by atoms with Crippen LogP contribution in [-0.2, 0) is 17.8 Å². The van der Waals surface area contributed by atoms with Gasteiger partial charge in [-0.2, -0.15) is 0 Å². The number of Topliss-reactive ketones (excluding diaryl/α,β-unsaturated/α-hetero) is 1. The van der Waals surface area contributed by atoms with Gasteiger partial charge in [0, 0.05) is 23.5 Å². The van der Waals surface area contributed by atoms with Gasteiger partial charge in [0.25, 0.3) is 0 Å². The van der Waals surface area contributed by atoms with Crippen LogP contribution in [0.1, 0.15) is 18.1 Å². The predicted molar refractivity (Wildman–Crippen MR) is 83.5 cm³/mol. The van der Waals surface area contributed by atoms with Gasteiger partial charge in [-0.05, 0) is 30.2 Å². The molecule has 0 fully saturated rings. The summed E-state index contributed by atoms with van der Waals surface area (Å²) in [5.74, 6) is 0.961. The van der Waals surface area contributed by atoms with Crippen molar-refractivity contribution >= 4 is 16.7 Å². The first-order valence-corrected chi connectivity index (χ1v) is 6.99. The number of benzene rings is 2. The molecule has 3 aromatic rings. The Hall–Kier alpha value is -2.55. The molecular weight excluding hydrogens is 262 g/mol. The van der Waals surface area contributed by atoms with Crippen LogP contribution in [0.4, 0.5) is 0 Å². The van der Waals surface area contributed by atoms with Gasteiger partial charge in [-0.25, -0.2) is 0 Å². The maximum Gasteiger partial charge on any atom is 0.134 e. The van der Waals surface area contributed by atoms with E-state index >= 15 is 0 Å². The summed E-state index contributed by atoms with van der Waals surface area (Å²) in [6.07, 6.45) is 2.31. The van der Waals surface area contributed by atoms with Gasteiger partial charge < -0.3 is 9.72 Å². The summed E-state index contributed by atoms with van der Waals surface area (Å²) in [4.78, 5) is 14.6. The summed E-state index contributed by atoms with van der Waals surface area (Å²) in [5.41, 5.74) is 3.11. The molecule has 0 aliphatic rings. The van der Waals surface area contributed by atoms with Gasteiger partial charge in [-0.15, -0.1) is 0 Å². The summed E-state index contributed by atoms with van der Waals surface area (Å²) in [5, 5.41) is 1.00. The number of ether oxygens (including phenoxy) is 1. The summed E-state index contributed by atoms with van der Waals surface area (Å²) in [6, 6.07) is 15.9. The van der Waals surface area contributed by atoms with Crippen LogP contribution in [-0.4, -0.2) is 10.8 Å². The van der Waals surface area contributed by atoms with E-state index in [0.29, 0.717) is 13.0 Å². The Bertz CT molecular complexity index is 759. The molecule has 21 heavy (non-hydrogen) atoms. The predicted octanol–water partition coefficient (Wildman–Crippen LogP) is 3.88. The fourth-order valence-corrected chi connectivity index (χ4v) is 2.48. The van der Waals surface area contributed by atoms with E-state index in [1.54, 1.807) is 6.92 Å². The van der Waals surface area contributed by atoms with Gasteiger partial charge in [0.15, 0.2) is 0 Å². The SMILES string of the molecule is CC(=O)Cc1c[nH]c2cccc(OCc3ccccc3)c12. The van der Waals surface area contributed by atoms with E-state index in [4.69, 9.17) is 4.74 Å². The number of hydrogen-bond donors (Lipinski definition) is 1. The zero-order valence-corrected chi connectivity index (χ0v) is 11.9. The first kappa shape index (κ1) is 13.4. The van der Waals surface area contributed by atoms with E-state index in [2.05, 4.69) is 4.98 Å². The standard InChI is InChI=1S/C18H17NO2/c1-13(20)10-15-11-19-16-8-5-9-17(18(15)16)21-12-14-6-3-2-4-7-14/h2-9,11,19H,10,12H2,1H3. The number of ketones is 1. The third-order valence-corrected chi connectivity index (χ3v) is 3.43. The molecule has 0 atom stereocenters. The number of hydrogen-bond acceptors (Lipinski definition) is 2. The van der Waals surface area contributed by atoms with Crippen molar-refractivity contribution < 1.29 is 9.53 Å². The highest BCUT2D eigenvalue weighted by atomic mass is 16.5. The Balaban J connectivity index is 1.90. The molecule has 0 saturated carbocycles. The molecule has 106 valence electrons. The summed E-state index contributed by atoms with van der Waals surface area (Å²) in [7, 11) is 0. The summed E-state index contributed by atoms with van der Waals surface area (Å²) < 4.78 is 5.95. The molecule has 3 heteroatoms. The Morgan fingerprint density at radius 2 is 1.90 bits per heavy atom. The smallest absolute Gasteiger partial charge is 0.134 e. The lowest BCUT2D eigenvalue weighted by molar-refractivity contribution is -0.116. The van der Waals surface area contributed by atoms with Crippen molar-refractivity contribution in [3.05, 3.63) is 65.9 Å². The third kappa shape index (κ3) is 2.97. The minimum absolute atomic E-state index is 0.147. The first-order valence-electron chi connectivity index (χ1n) is 6.99. The first-order chi connectivity index (χ1) is 10.2. The largest absolute Gasteiger partial charge is 0.488 e. The monoisotopic (exact) mass is 279 g/mol. The van der Waals surface area contributed by atoms with E-state index < -0.39 is 0 Å². The molecule has 2 aromatic carbocycles. The number of aromatic amines is 1. The second kappa shape index (κ2) is 5.83. The maximum atomic E-state index is 11.4. The minimum atomic E-state index is 0.147. The van der Waals surface area contributed by atoms with Gasteiger partial charge in [-0.1, -0.05) is 36.4 Å². The van der Waals surface area contributed by atoms with Crippen LogP contribution in [0.3, 0.4) is 0 Å². The van der Waals surface area contributed by atoms with Crippen molar-refractivity contribution in [2.45, 2.75) is 20.0 Å². The zero-order chi connectivity index (χ0) is 14.7. The maximum absolute atomic E-state index is 11.4. The third-order valence-electron chi connectivity index (χ3n) is 3.43. The summed E-state index contributed by atoms with van der Waals surface area (Å²) >= 11 is 0. The molecule has 0 bridgehead atoms. The van der Waals surface area contributed by atoms with Gasteiger partial charge in [0.2, 0.25) is 0 Å². The molecule has 0 unspecified atom stereocenters. The Morgan fingerprint density at radius 3 is 2.67 bits per heavy atom. The Labute approximate surface area is 123 Å². The second-order valence-corrected chi connectivity index (χ2v) is 5.15. The number of fused-ring (bicyclic) bond motifs is 1. The van der Waals surface area contributed by atoms with Gasteiger partial charge in [0.05, 0.1) is 0 Å². The average molecular weight is 279 g/mol. The average Bonchev–Trinajstić information content (AvgIpc) is 2.89. The highest BCUT2D eigenvalue weighted by Gasteiger charge is 2.11. The van der Waals surface area contributed by atoms with Crippen LogP contribution < -0.4 is 4.74 Å². The van der Waals surface area contributed by atoms with E-state index in [0.717, 1.165) is 27.8 Å². The van der Waals surface area contributed by atoms with E-state index in [1.165, 1.54) is 0 Å². The normalized spacial score (nSPS) is 10.7. The highest BCUT2D eigenvalue weighted by molar-refractivity contribution is 5.93. The number of nitrogens with one attached hydrogen (secondary N) is 1. The molecule has 1 heterocycles. The molecule has 1 aromatic heterocycles. The highest BCUT2D eigenvalue weighted by Crippen LogP contribution is 2.29. The molecule has 0 radical (unpaired) electrons. The van der Waals surface area contributed by atoms with Gasteiger partial charge >= 0.3 is 0 Å². The molecule has 3 nitrogen and oxygen atoms in total. The number of H-pyrrole nitrogens is 1. The van der Waals surface area contributed by atoms with E-state index in [9.17, 15) is 4.79 Å². The van der Waals surface area contributed by atoms with Crippen molar-refractivity contribution in [2.75, 3.05) is 0 Å². The van der Waals surface area contributed by atoms with Crippen LogP contribution in [0.15, 0.2) is 54.7 Å². The fraction of sp³-hybridized carbons (Fsp3) is 0.167. The van der Waals surface area contributed by atoms with E-state index in [-0.39, 0.29) is 5.78 Å². The molecule has 0 saturated heterocycles. The topological polar surface area (TPSA) is 42.1 Å². The second-order valence-electron chi connectivity index (χ2n) is 5.15. The van der Waals surface area contributed by atoms with Crippen molar-refractivity contribution in [1.82, 2.24) is 4.98 Å². The van der Waals surface area contributed by atoms with Gasteiger partial charge in [0.1, 0.15) is 18.1 Å². The molecule has 0 aliphatic carbocycles. The van der Waals surface area contributed by atoms with Crippen molar-refractivity contribution in [3.8, 4) is 5.75 Å². The van der Waals surface area contributed by atoms with Crippen molar-refractivity contribution in [3.63, 3.8) is 0 Å². The Morgan fingerprint density at radius 1 is 1.10 bits per heavy atom. The van der Waals surface area contributed by atoms with Crippen LogP contribution in [0.25, 0.3) is 10.9 Å². The number of aromatic nitrogens is 1. The quantitative estimate of drug-likeness (QED) is 0.770. The molecule has 1 N–H and O–H groups in total. The molecular formula is C18H17NO2. The van der Waals surface area contributed by atoms with Gasteiger partial charge in [-0.3, -0.25) is 4.79 Å². The minimum Gasteiger partial charge on any atom is -0.488 e. The molecule has 0 spiro atoms. The van der Waals surface area contributed by atoms with Crippen LogP contribution in [0.2, 0.25) is 0 Å².